The van der Waals surface area contributed by atoms with Crippen LogP contribution in [-0.4, -0.2) is 9.97 Å². The van der Waals surface area contributed by atoms with Gasteiger partial charge in [-0.3, -0.25) is 0 Å². The van der Waals surface area contributed by atoms with E-state index >= 15 is 0 Å². The molecular formula is C52H36N2. The highest BCUT2D eigenvalue weighted by Gasteiger charge is 2.20. The zero-order valence-corrected chi connectivity index (χ0v) is 29.9. The number of hydrogen-bond acceptors (Lipinski definition) is 2. The summed E-state index contributed by atoms with van der Waals surface area (Å²) in [4.78, 5) is 9.53. The standard InChI is InChI=1S/C52H36N2/c1-3-19-43-39(15-1)41-17-5-7-21-45(41)49-29-35(23-25-47(43)49)33-11-9-13-37(27-33)51-31-52(54-32-53-51)38-14-10-12-34(28-38)36-24-26-48-44-20-4-2-16-40(44)42-18-6-8-22-46(42)50(48)30-36/h1,3-5,7-15,17,19-32H,2,6,16,18H2. The van der Waals surface area contributed by atoms with Crippen LogP contribution in [0, 0.1) is 0 Å². The summed E-state index contributed by atoms with van der Waals surface area (Å²) in [5.41, 5.74) is 14.7. The lowest BCUT2D eigenvalue weighted by Gasteiger charge is -2.24. The van der Waals surface area contributed by atoms with Gasteiger partial charge in [-0.1, -0.05) is 133 Å². The van der Waals surface area contributed by atoms with E-state index in [1.54, 1.807) is 17.5 Å². The molecule has 0 radical (unpaired) electrons. The van der Waals surface area contributed by atoms with Crippen LogP contribution in [0.25, 0.3) is 100 Å². The number of hydrogen-bond donors (Lipinski definition) is 0. The number of benzene rings is 8. The van der Waals surface area contributed by atoms with E-state index in [-0.39, 0.29) is 0 Å². The van der Waals surface area contributed by atoms with Crippen molar-refractivity contribution in [2.75, 3.05) is 0 Å². The average Bonchev–Trinajstić information content (AvgIpc) is 3.26. The second-order valence-electron chi connectivity index (χ2n) is 14.7. The van der Waals surface area contributed by atoms with Gasteiger partial charge in [-0.05, 0) is 144 Å². The zero-order chi connectivity index (χ0) is 35.6. The van der Waals surface area contributed by atoms with Gasteiger partial charge in [-0.25, -0.2) is 9.97 Å². The molecule has 0 fully saturated rings. The van der Waals surface area contributed by atoms with Gasteiger partial charge >= 0.3 is 0 Å². The molecule has 254 valence electrons. The van der Waals surface area contributed by atoms with Crippen LogP contribution in [0.3, 0.4) is 0 Å². The monoisotopic (exact) mass is 688 g/mol. The van der Waals surface area contributed by atoms with Crippen molar-refractivity contribution in [1.82, 2.24) is 9.97 Å². The quantitative estimate of drug-likeness (QED) is 0.172. The highest BCUT2D eigenvalue weighted by atomic mass is 14.8. The molecule has 0 amide bonds. The Bertz CT molecular complexity index is 3020. The fraction of sp³-hybridized carbons (Fsp3) is 0.0769. The van der Waals surface area contributed by atoms with Crippen molar-refractivity contribution in [3.8, 4) is 44.8 Å². The molecule has 2 heteroatoms. The Hall–Kier alpha value is -6.64. The lowest BCUT2D eigenvalue weighted by molar-refractivity contribution is 0.911. The van der Waals surface area contributed by atoms with Crippen molar-refractivity contribution >= 4 is 55.2 Å². The number of rotatable bonds is 4. The highest BCUT2D eigenvalue weighted by Crippen LogP contribution is 2.41. The van der Waals surface area contributed by atoms with E-state index in [2.05, 4.69) is 164 Å². The number of aromatic nitrogens is 2. The van der Waals surface area contributed by atoms with E-state index in [0.717, 1.165) is 48.2 Å². The van der Waals surface area contributed by atoms with E-state index in [1.807, 2.05) is 0 Å². The van der Waals surface area contributed by atoms with E-state index < -0.39 is 0 Å². The molecule has 9 aromatic rings. The summed E-state index contributed by atoms with van der Waals surface area (Å²) in [5.74, 6) is 0. The molecule has 0 N–H and O–H groups in total. The summed E-state index contributed by atoms with van der Waals surface area (Å²) in [5, 5.41) is 10.4. The highest BCUT2D eigenvalue weighted by molar-refractivity contribution is 6.25. The lowest BCUT2D eigenvalue weighted by Crippen LogP contribution is -2.07. The van der Waals surface area contributed by atoms with E-state index in [0.29, 0.717) is 0 Å². The minimum atomic E-state index is 0.909. The molecule has 0 spiro atoms. The van der Waals surface area contributed by atoms with E-state index in [9.17, 15) is 0 Å². The predicted molar refractivity (Wildman–Crippen MR) is 229 cm³/mol. The SMILES string of the molecule is C1=Cc2c(c3c(c4cc(-c5cccc(-c6cc(-c7cccc(-c8ccc9c%10ccccc%10c%10ccccc%10c9c8)c7)ncn6)c5)ccc24)C=CCC3)CC1. The summed E-state index contributed by atoms with van der Waals surface area (Å²) in [6.07, 6.45) is 15.6. The smallest absolute Gasteiger partial charge is 0.116 e. The summed E-state index contributed by atoms with van der Waals surface area (Å²) >= 11 is 0. The molecule has 8 aromatic carbocycles. The largest absolute Gasteiger partial charge is 0.236 e. The number of fused-ring (bicyclic) bond motifs is 12. The molecular weight excluding hydrogens is 653 g/mol. The van der Waals surface area contributed by atoms with Gasteiger partial charge in [-0.15, -0.1) is 0 Å². The van der Waals surface area contributed by atoms with Crippen molar-refractivity contribution in [3.05, 3.63) is 180 Å². The molecule has 0 atom stereocenters. The van der Waals surface area contributed by atoms with Crippen LogP contribution in [-0.2, 0) is 12.8 Å². The Kier molecular flexibility index (Phi) is 7.16. The van der Waals surface area contributed by atoms with Gasteiger partial charge in [0, 0.05) is 11.1 Å². The fourth-order valence-corrected chi connectivity index (χ4v) is 9.12. The molecule has 54 heavy (non-hydrogen) atoms. The molecule has 0 saturated carbocycles. The first kappa shape index (κ1) is 30.9. The third kappa shape index (κ3) is 5.02. The lowest BCUT2D eigenvalue weighted by atomic mass is 9.80. The van der Waals surface area contributed by atoms with Gasteiger partial charge in [-0.2, -0.15) is 0 Å². The molecule has 0 bridgehead atoms. The van der Waals surface area contributed by atoms with Crippen LogP contribution in [0.1, 0.15) is 35.1 Å². The normalized spacial score (nSPS) is 13.5. The summed E-state index contributed by atoms with van der Waals surface area (Å²) in [6.45, 7) is 0. The van der Waals surface area contributed by atoms with E-state index in [1.165, 1.54) is 76.5 Å². The number of nitrogens with zero attached hydrogens (tertiary/aromatic N) is 2. The van der Waals surface area contributed by atoms with Crippen LogP contribution >= 0.6 is 0 Å². The van der Waals surface area contributed by atoms with Gasteiger partial charge in [0.1, 0.15) is 6.33 Å². The third-order valence-electron chi connectivity index (χ3n) is 11.7. The van der Waals surface area contributed by atoms with Gasteiger partial charge < -0.3 is 0 Å². The second kappa shape index (κ2) is 12.5. The molecule has 11 rings (SSSR count). The van der Waals surface area contributed by atoms with Crippen LogP contribution in [0.4, 0.5) is 0 Å². The van der Waals surface area contributed by atoms with Crippen LogP contribution < -0.4 is 0 Å². The topological polar surface area (TPSA) is 25.8 Å². The summed E-state index contributed by atoms with van der Waals surface area (Å²) in [6, 6.07) is 51.1. The van der Waals surface area contributed by atoms with Crippen molar-refractivity contribution in [2.24, 2.45) is 0 Å². The molecule has 0 saturated heterocycles. The van der Waals surface area contributed by atoms with Crippen molar-refractivity contribution in [3.63, 3.8) is 0 Å². The van der Waals surface area contributed by atoms with Crippen molar-refractivity contribution in [2.45, 2.75) is 25.7 Å². The van der Waals surface area contributed by atoms with E-state index in [4.69, 9.17) is 9.97 Å². The molecule has 0 unspecified atom stereocenters. The zero-order valence-electron chi connectivity index (χ0n) is 29.9. The average molecular weight is 689 g/mol. The fourth-order valence-electron chi connectivity index (χ4n) is 9.12. The molecule has 1 aromatic heterocycles. The minimum absolute atomic E-state index is 0.909. The maximum absolute atomic E-state index is 4.77. The Morgan fingerprint density at radius 2 is 0.778 bits per heavy atom. The Morgan fingerprint density at radius 1 is 0.333 bits per heavy atom. The molecule has 2 aliphatic rings. The third-order valence-corrected chi connectivity index (χ3v) is 11.7. The maximum Gasteiger partial charge on any atom is 0.116 e. The van der Waals surface area contributed by atoms with Gasteiger partial charge in [0.15, 0.2) is 0 Å². The Morgan fingerprint density at radius 3 is 1.35 bits per heavy atom. The Labute approximate surface area is 314 Å². The maximum atomic E-state index is 4.77. The van der Waals surface area contributed by atoms with Crippen molar-refractivity contribution in [1.29, 1.82) is 0 Å². The van der Waals surface area contributed by atoms with Gasteiger partial charge in [0.25, 0.3) is 0 Å². The first-order valence-electron chi connectivity index (χ1n) is 19.1. The van der Waals surface area contributed by atoms with Crippen LogP contribution in [0.2, 0.25) is 0 Å². The summed E-state index contributed by atoms with van der Waals surface area (Å²) in [7, 11) is 0. The van der Waals surface area contributed by atoms with Gasteiger partial charge in [0.05, 0.1) is 11.4 Å². The predicted octanol–water partition coefficient (Wildman–Crippen LogP) is 13.7. The molecule has 2 nitrogen and oxygen atoms in total. The number of allylic oxidation sites excluding steroid dienone is 2. The minimum Gasteiger partial charge on any atom is -0.236 e. The first-order chi connectivity index (χ1) is 26.8. The molecule has 0 aliphatic heterocycles. The van der Waals surface area contributed by atoms with Crippen LogP contribution in [0.15, 0.2) is 158 Å². The van der Waals surface area contributed by atoms with Crippen LogP contribution in [0.5, 0.6) is 0 Å². The van der Waals surface area contributed by atoms with Gasteiger partial charge in [0.2, 0.25) is 0 Å². The summed E-state index contributed by atoms with van der Waals surface area (Å²) < 4.78 is 0. The second-order valence-corrected chi connectivity index (χ2v) is 14.7. The molecule has 1 heterocycles. The van der Waals surface area contributed by atoms with Crippen molar-refractivity contribution < 1.29 is 0 Å². The Balaban J connectivity index is 0.958. The first-order valence-corrected chi connectivity index (χ1v) is 19.1. The molecule has 2 aliphatic carbocycles.